The van der Waals surface area contributed by atoms with Gasteiger partial charge in [-0.25, -0.2) is 0 Å². The van der Waals surface area contributed by atoms with Crippen LogP contribution in [0.25, 0.3) is 10.9 Å². The van der Waals surface area contributed by atoms with Crippen molar-refractivity contribution in [1.82, 2.24) is 10.3 Å². The molecule has 108 valence electrons. The third kappa shape index (κ3) is 2.30. The zero-order valence-corrected chi connectivity index (χ0v) is 12.4. The molecule has 3 rings (SSSR count). The number of benzene rings is 1. The van der Waals surface area contributed by atoms with Gasteiger partial charge in [-0.15, -0.1) is 12.4 Å². The number of para-hydroxylation sites is 1. The maximum Gasteiger partial charge on any atom is 0.323 e. The van der Waals surface area contributed by atoms with E-state index in [1.54, 1.807) is 0 Å². The molecule has 0 bridgehead atoms. The highest BCUT2D eigenvalue weighted by molar-refractivity contribution is 5.87. The van der Waals surface area contributed by atoms with E-state index in [1.165, 1.54) is 23.8 Å². The molecule has 2 atom stereocenters. The van der Waals surface area contributed by atoms with E-state index in [1.807, 2.05) is 12.1 Å². The number of methoxy groups -OCH3 is 1. The Bertz CT molecular complexity index is 623. The molecular weight excluding hydrogens is 276 g/mol. The molecule has 2 heterocycles. The Hall–Kier alpha value is -1.52. The molecule has 1 aliphatic heterocycles. The summed E-state index contributed by atoms with van der Waals surface area (Å²) in [6.07, 6.45) is 1.62. The molecule has 4 nitrogen and oxygen atoms in total. The van der Waals surface area contributed by atoms with Crippen molar-refractivity contribution in [2.24, 2.45) is 0 Å². The molecule has 1 aliphatic rings. The summed E-state index contributed by atoms with van der Waals surface area (Å²) in [4.78, 5) is 15.3. The average Bonchev–Trinajstić information content (AvgIpc) is 2.84. The van der Waals surface area contributed by atoms with E-state index in [9.17, 15) is 4.79 Å². The number of fused-ring (bicyclic) bond motifs is 3. The number of aromatic amines is 1. The monoisotopic (exact) mass is 294 g/mol. The number of H-pyrrole nitrogens is 1. The fraction of sp³-hybridized carbons (Fsp3) is 0.400. The molecule has 0 saturated carbocycles. The average molecular weight is 295 g/mol. The van der Waals surface area contributed by atoms with Crippen LogP contribution in [-0.2, 0) is 16.0 Å². The second kappa shape index (κ2) is 5.85. The highest BCUT2D eigenvalue weighted by atomic mass is 35.5. The van der Waals surface area contributed by atoms with Crippen molar-refractivity contribution in [2.75, 3.05) is 7.11 Å². The minimum Gasteiger partial charge on any atom is -0.468 e. The fourth-order valence-electron chi connectivity index (χ4n) is 2.94. The number of ether oxygens (including phenoxy) is 1. The van der Waals surface area contributed by atoms with Gasteiger partial charge in [0.05, 0.1) is 7.11 Å². The minimum atomic E-state index is -0.248. The maximum absolute atomic E-state index is 11.8. The van der Waals surface area contributed by atoms with Crippen LogP contribution in [0.2, 0.25) is 0 Å². The summed E-state index contributed by atoms with van der Waals surface area (Å²) in [6, 6.07) is 8.18. The van der Waals surface area contributed by atoms with Crippen LogP contribution in [-0.4, -0.2) is 24.1 Å². The predicted octanol–water partition coefficient (Wildman–Crippen LogP) is 2.73. The van der Waals surface area contributed by atoms with Crippen LogP contribution in [0, 0.1) is 0 Å². The van der Waals surface area contributed by atoms with Crippen LogP contribution in [0.3, 0.4) is 0 Å². The molecular formula is C15H19ClN2O2. The van der Waals surface area contributed by atoms with Crippen molar-refractivity contribution in [2.45, 2.75) is 31.8 Å². The van der Waals surface area contributed by atoms with Gasteiger partial charge in [0.1, 0.15) is 6.04 Å². The number of hydrogen-bond donors (Lipinski definition) is 2. The third-order valence-corrected chi connectivity index (χ3v) is 3.90. The molecule has 5 heteroatoms. The lowest BCUT2D eigenvalue weighted by Crippen LogP contribution is -2.45. The van der Waals surface area contributed by atoms with Gasteiger partial charge in [0.15, 0.2) is 0 Å². The Kier molecular flexibility index (Phi) is 4.35. The van der Waals surface area contributed by atoms with Crippen LogP contribution >= 0.6 is 12.4 Å². The molecule has 1 aromatic carbocycles. The summed E-state index contributed by atoms with van der Waals surface area (Å²) in [5, 5.41) is 4.58. The van der Waals surface area contributed by atoms with Crippen molar-refractivity contribution in [1.29, 1.82) is 0 Å². The Labute approximate surface area is 124 Å². The summed E-state index contributed by atoms with van der Waals surface area (Å²) in [5.41, 5.74) is 3.60. The highest BCUT2D eigenvalue weighted by Crippen LogP contribution is 2.33. The molecule has 0 amide bonds. The first kappa shape index (κ1) is 14.9. The molecule has 20 heavy (non-hydrogen) atoms. The van der Waals surface area contributed by atoms with Gasteiger partial charge in [0.2, 0.25) is 0 Å². The maximum atomic E-state index is 11.8. The lowest BCUT2D eigenvalue weighted by Gasteiger charge is -2.29. The standard InChI is InChI=1S/C15H18N2O2.ClH/c1-3-11-14-10(8-13(16-11)15(18)19-2)9-6-4-5-7-12(9)17-14;/h4-7,11,13,16-17H,3,8H2,1-2H3;1H/t11-,13-;/m0./s1. The molecule has 0 fully saturated rings. The number of halogens is 1. The summed E-state index contributed by atoms with van der Waals surface area (Å²) in [5.74, 6) is -0.186. The molecule has 0 unspecified atom stereocenters. The minimum absolute atomic E-state index is 0. The zero-order valence-electron chi connectivity index (χ0n) is 11.6. The summed E-state index contributed by atoms with van der Waals surface area (Å²) >= 11 is 0. The molecule has 2 N–H and O–H groups in total. The van der Waals surface area contributed by atoms with Gasteiger partial charge >= 0.3 is 5.97 Å². The highest BCUT2D eigenvalue weighted by Gasteiger charge is 2.32. The van der Waals surface area contributed by atoms with Gasteiger partial charge in [-0.05, 0) is 18.1 Å². The molecule has 0 saturated heterocycles. The van der Waals surface area contributed by atoms with Crippen LogP contribution < -0.4 is 5.32 Å². The lowest BCUT2D eigenvalue weighted by molar-refractivity contribution is -0.143. The quantitative estimate of drug-likeness (QED) is 0.838. The van der Waals surface area contributed by atoms with Crippen molar-refractivity contribution >= 4 is 29.3 Å². The predicted molar refractivity (Wildman–Crippen MR) is 81.2 cm³/mol. The SMILES string of the molecule is CC[C@@H]1N[C@H](C(=O)OC)Cc2c1[nH]c1ccccc21.Cl. The molecule has 0 radical (unpaired) electrons. The second-order valence-corrected chi connectivity index (χ2v) is 4.97. The Morgan fingerprint density at radius 1 is 1.40 bits per heavy atom. The van der Waals surface area contributed by atoms with Gasteiger partial charge in [0.25, 0.3) is 0 Å². The van der Waals surface area contributed by atoms with Crippen molar-refractivity contribution < 1.29 is 9.53 Å². The Balaban J connectivity index is 0.00000147. The van der Waals surface area contributed by atoms with E-state index in [4.69, 9.17) is 4.74 Å². The van der Waals surface area contributed by atoms with Crippen molar-refractivity contribution in [3.63, 3.8) is 0 Å². The van der Waals surface area contributed by atoms with Gasteiger partial charge in [-0.2, -0.15) is 0 Å². The van der Waals surface area contributed by atoms with Gasteiger partial charge in [-0.1, -0.05) is 25.1 Å². The number of hydrogen-bond acceptors (Lipinski definition) is 3. The smallest absolute Gasteiger partial charge is 0.323 e. The Morgan fingerprint density at radius 3 is 2.85 bits per heavy atom. The number of nitrogens with one attached hydrogen (secondary N) is 2. The van der Waals surface area contributed by atoms with Gasteiger partial charge in [-0.3, -0.25) is 10.1 Å². The topological polar surface area (TPSA) is 54.1 Å². The number of aromatic nitrogens is 1. The largest absolute Gasteiger partial charge is 0.468 e. The summed E-state index contributed by atoms with van der Waals surface area (Å²) < 4.78 is 4.87. The first-order valence-electron chi connectivity index (χ1n) is 6.68. The van der Waals surface area contributed by atoms with E-state index in [0.717, 1.165) is 11.9 Å². The summed E-state index contributed by atoms with van der Waals surface area (Å²) in [7, 11) is 1.44. The van der Waals surface area contributed by atoms with E-state index in [0.29, 0.717) is 6.42 Å². The summed E-state index contributed by atoms with van der Waals surface area (Å²) in [6.45, 7) is 2.12. The first-order chi connectivity index (χ1) is 9.24. The normalized spacial score (nSPS) is 21.1. The van der Waals surface area contributed by atoms with Crippen LogP contribution in [0.15, 0.2) is 24.3 Å². The second-order valence-electron chi connectivity index (χ2n) is 4.97. The van der Waals surface area contributed by atoms with Crippen LogP contribution in [0.4, 0.5) is 0 Å². The molecule has 0 spiro atoms. The Morgan fingerprint density at radius 2 is 2.15 bits per heavy atom. The van der Waals surface area contributed by atoms with Crippen LogP contribution in [0.1, 0.15) is 30.6 Å². The van der Waals surface area contributed by atoms with E-state index >= 15 is 0 Å². The zero-order chi connectivity index (χ0) is 13.4. The molecule has 2 aromatic rings. The fourth-order valence-corrected chi connectivity index (χ4v) is 2.94. The van der Waals surface area contributed by atoms with E-state index < -0.39 is 0 Å². The third-order valence-electron chi connectivity index (χ3n) is 3.90. The lowest BCUT2D eigenvalue weighted by atomic mass is 9.93. The number of carbonyl (C=O) groups excluding carboxylic acids is 1. The van der Waals surface area contributed by atoms with E-state index in [-0.39, 0.29) is 30.5 Å². The number of rotatable bonds is 2. The molecule has 1 aromatic heterocycles. The van der Waals surface area contributed by atoms with Crippen molar-refractivity contribution in [3.05, 3.63) is 35.5 Å². The molecule has 0 aliphatic carbocycles. The van der Waals surface area contributed by atoms with Crippen molar-refractivity contribution in [3.8, 4) is 0 Å². The van der Waals surface area contributed by atoms with Crippen LogP contribution in [0.5, 0.6) is 0 Å². The van der Waals surface area contributed by atoms with Gasteiger partial charge < -0.3 is 9.72 Å². The van der Waals surface area contributed by atoms with Gasteiger partial charge in [0, 0.05) is 29.1 Å². The number of esters is 1. The first-order valence-corrected chi connectivity index (χ1v) is 6.68. The van der Waals surface area contributed by atoms with E-state index in [2.05, 4.69) is 29.4 Å². The number of carbonyl (C=O) groups is 1.